The largest absolute Gasteiger partial charge is 0.480 e. The van der Waals surface area contributed by atoms with Gasteiger partial charge in [-0.2, -0.15) is 0 Å². The molecule has 5 nitrogen and oxygen atoms in total. The van der Waals surface area contributed by atoms with E-state index in [1.807, 2.05) is 24.3 Å². The number of aliphatic carboxylic acids is 1. The van der Waals surface area contributed by atoms with Crippen LogP contribution in [0.5, 0.6) is 0 Å². The summed E-state index contributed by atoms with van der Waals surface area (Å²) in [5, 5.41) is 30.6. The number of nitrogens with one attached hydrogen (secondary N) is 1. The zero-order valence-corrected chi connectivity index (χ0v) is 11.5. The van der Waals surface area contributed by atoms with Gasteiger partial charge in [0.25, 0.3) is 0 Å². The van der Waals surface area contributed by atoms with Gasteiger partial charge in [0.05, 0.1) is 0 Å². The van der Waals surface area contributed by atoms with Crippen LogP contribution in [0.15, 0.2) is 24.3 Å². The third-order valence-electron chi connectivity index (χ3n) is 4.27. The monoisotopic (exact) mass is 277 g/mol. The van der Waals surface area contributed by atoms with Crippen molar-refractivity contribution in [2.45, 2.75) is 31.1 Å². The van der Waals surface area contributed by atoms with Crippen LogP contribution >= 0.6 is 0 Å². The highest BCUT2D eigenvalue weighted by Crippen LogP contribution is 2.43. The summed E-state index contributed by atoms with van der Waals surface area (Å²) in [5.74, 6) is -0.958. The second kappa shape index (κ2) is 5.95. The molecule has 6 heteroatoms. The van der Waals surface area contributed by atoms with Crippen molar-refractivity contribution in [2.24, 2.45) is 5.92 Å². The summed E-state index contributed by atoms with van der Waals surface area (Å²) < 4.78 is 0. The van der Waals surface area contributed by atoms with Gasteiger partial charge >= 0.3 is 13.1 Å². The van der Waals surface area contributed by atoms with E-state index in [1.54, 1.807) is 7.05 Å². The fourth-order valence-corrected chi connectivity index (χ4v) is 3.32. The number of carboxylic acid groups (broad SMARTS) is 1. The normalized spacial score (nSPS) is 24.4. The number of carboxylic acids is 1. The average Bonchev–Trinajstić information content (AvgIpc) is 2.72. The molecule has 1 aliphatic carbocycles. The van der Waals surface area contributed by atoms with Gasteiger partial charge in [-0.3, -0.25) is 0 Å². The molecule has 0 amide bonds. The SMILES string of the molecule is CN[C@@]1(C(=O)O)c2ccccc2C[C@@H]1CCCB(O)O. The maximum absolute atomic E-state index is 11.9. The number of fused-ring (bicyclic) bond motifs is 1. The van der Waals surface area contributed by atoms with Crippen LogP contribution in [0, 0.1) is 5.92 Å². The highest BCUT2D eigenvalue weighted by molar-refractivity contribution is 6.40. The molecule has 1 aromatic carbocycles. The van der Waals surface area contributed by atoms with Crippen molar-refractivity contribution in [2.75, 3.05) is 7.05 Å². The fraction of sp³-hybridized carbons (Fsp3) is 0.500. The van der Waals surface area contributed by atoms with Gasteiger partial charge in [-0.1, -0.05) is 30.7 Å². The van der Waals surface area contributed by atoms with E-state index in [0.29, 0.717) is 19.3 Å². The highest BCUT2D eigenvalue weighted by Gasteiger charge is 2.51. The molecule has 0 radical (unpaired) electrons. The van der Waals surface area contributed by atoms with E-state index in [2.05, 4.69) is 5.32 Å². The minimum atomic E-state index is -1.33. The summed E-state index contributed by atoms with van der Waals surface area (Å²) in [6, 6.07) is 7.60. The van der Waals surface area contributed by atoms with Gasteiger partial charge in [0.15, 0.2) is 0 Å². The van der Waals surface area contributed by atoms with E-state index in [-0.39, 0.29) is 12.2 Å². The number of hydrogen-bond donors (Lipinski definition) is 4. The Labute approximate surface area is 118 Å². The second-order valence-electron chi connectivity index (χ2n) is 5.33. The summed E-state index contributed by atoms with van der Waals surface area (Å²) in [7, 11) is 0.344. The molecule has 2 rings (SSSR count). The molecule has 108 valence electrons. The van der Waals surface area contributed by atoms with Gasteiger partial charge in [0.2, 0.25) is 0 Å². The summed E-state index contributed by atoms with van der Waals surface area (Å²) in [4.78, 5) is 11.9. The van der Waals surface area contributed by atoms with E-state index in [9.17, 15) is 9.90 Å². The van der Waals surface area contributed by atoms with E-state index >= 15 is 0 Å². The Bertz CT molecular complexity index is 494. The Morgan fingerprint density at radius 1 is 1.45 bits per heavy atom. The molecule has 0 spiro atoms. The third kappa shape index (κ3) is 2.46. The van der Waals surface area contributed by atoms with Crippen molar-refractivity contribution in [3.05, 3.63) is 35.4 Å². The maximum atomic E-state index is 11.9. The number of carbonyl (C=O) groups is 1. The first-order chi connectivity index (χ1) is 9.52. The van der Waals surface area contributed by atoms with Crippen molar-refractivity contribution in [1.82, 2.24) is 5.32 Å². The topological polar surface area (TPSA) is 89.8 Å². The Morgan fingerprint density at radius 3 is 2.75 bits per heavy atom. The molecule has 0 aromatic heterocycles. The Morgan fingerprint density at radius 2 is 2.15 bits per heavy atom. The van der Waals surface area contributed by atoms with Gasteiger partial charge in [-0.05, 0) is 43.3 Å². The molecule has 20 heavy (non-hydrogen) atoms. The fourth-order valence-electron chi connectivity index (χ4n) is 3.32. The third-order valence-corrected chi connectivity index (χ3v) is 4.27. The summed E-state index contributed by atoms with van der Waals surface area (Å²) in [5.41, 5.74) is 0.806. The van der Waals surface area contributed by atoms with Crippen LogP contribution in [0.2, 0.25) is 6.32 Å². The van der Waals surface area contributed by atoms with Gasteiger partial charge in [0.1, 0.15) is 5.54 Å². The predicted molar refractivity (Wildman–Crippen MR) is 76.2 cm³/mol. The summed E-state index contributed by atoms with van der Waals surface area (Å²) >= 11 is 0. The van der Waals surface area contributed by atoms with E-state index in [1.165, 1.54) is 0 Å². The van der Waals surface area contributed by atoms with Crippen LogP contribution in [-0.4, -0.2) is 35.3 Å². The first-order valence-electron chi connectivity index (χ1n) is 6.89. The minimum Gasteiger partial charge on any atom is -0.480 e. The van der Waals surface area contributed by atoms with Gasteiger partial charge in [-0.25, -0.2) is 4.79 Å². The van der Waals surface area contributed by atoms with E-state index in [0.717, 1.165) is 11.1 Å². The molecule has 0 heterocycles. The number of hydrogen-bond acceptors (Lipinski definition) is 4. The molecular formula is C14H20BNO4. The van der Waals surface area contributed by atoms with Crippen LogP contribution in [0.25, 0.3) is 0 Å². The van der Waals surface area contributed by atoms with Gasteiger partial charge in [0, 0.05) is 0 Å². The van der Waals surface area contributed by atoms with Crippen molar-refractivity contribution < 1.29 is 19.9 Å². The predicted octanol–water partition coefficient (Wildman–Crippen LogP) is 0.611. The lowest BCUT2D eigenvalue weighted by molar-refractivity contribution is -0.147. The average molecular weight is 277 g/mol. The van der Waals surface area contributed by atoms with Crippen molar-refractivity contribution >= 4 is 13.1 Å². The number of benzene rings is 1. The van der Waals surface area contributed by atoms with Gasteiger partial charge < -0.3 is 20.5 Å². The summed E-state index contributed by atoms with van der Waals surface area (Å²) in [6.45, 7) is 0. The highest BCUT2D eigenvalue weighted by atomic mass is 16.4. The quantitative estimate of drug-likeness (QED) is 0.572. The molecule has 0 bridgehead atoms. The smallest absolute Gasteiger partial charge is 0.451 e. The second-order valence-corrected chi connectivity index (χ2v) is 5.33. The molecule has 0 aliphatic heterocycles. The first kappa shape index (κ1) is 15.0. The van der Waals surface area contributed by atoms with Gasteiger partial charge in [-0.15, -0.1) is 0 Å². The Hall–Kier alpha value is -1.37. The maximum Gasteiger partial charge on any atom is 0.451 e. The molecule has 4 N–H and O–H groups in total. The van der Waals surface area contributed by atoms with Crippen LogP contribution in [-0.2, 0) is 16.8 Å². The lowest BCUT2D eigenvalue weighted by Gasteiger charge is -2.32. The lowest BCUT2D eigenvalue weighted by Crippen LogP contribution is -2.51. The molecule has 0 unspecified atom stereocenters. The van der Waals surface area contributed by atoms with Crippen LogP contribution in [0.4, 0.5) is 0 Å². The molecule has 0 saturated heterocycles. The Kier molecular flexibility index (Phi) is 4.47. The van der Waals surface area contributed by atoms with Crippen LogP contribution in [0.1, 0.15) is 24.0 Å². The first-order valence-corrected chi connectivity index (χ1v) is 6.89. The zero-order chi connectivity index (χ0) is 14.8. The number of rotatable bonds is 6. The molecule has 2 atom stereocenters. The Balaban J connectivity index is 2.27. The van der Waals surface area contributed by atoms with Crippen molar-refractivity contribution in [3.8, 4) is 0 Å². The molecule has 1 aromatic rings. The summed E-state index contributed by atoms with van der Waals surface area (Å²) in [6.07, 6.45) is 2.20. The van der Waals surface area contributed by atoms with Crippen molar-refractivity contribution in [3.63, 3.8) is 0 Å². The lowest BCUT2D eigenvalue weighted by atomic mass is 9.77. The zero-order valence-electron chi connectivity index (χ0n) is 11.5. The van der Waals surface area contributed by atoms with Crippen LogP contribution < -0.4 is 5.32 Å². The van der Waals surface area contributed by atoms with E-state index < -0.39 is 18.6 Å². The van der Waals surface area contributed by atoms with Crippen LogP contribution in [0.3, 0.4) is 0 Å². The van der Waals surface area contributed by atoms with E-state index in [4.69, 9.17) is 10.0 Å². The standard InChI is InChI=1S/C14H20BNO4/c1-16-14(13(17)18)11(6-4-8-15(19)20)9-10-5-2-3-7-12(10)14/h2-3,5,7,11,16,19-20H,4,6,8-9H2,1H3,(H,17,18)/t11-,14+/m0/s1. The molecule has 0 saturated carbocycles. The molecular weight excluding hydrogens is 257 g/mol. The minimum absolute atomic E-state index is 0.0823. The number of likely N-dealkylation sites (N-methyl/N-ethyl adjacent to an activating group) is 1. The molecule has 1 aliphatic rings. The molecule has 0 fully saturated rings. The van der Waals surface area contributed by atoms with Crippen molar-refractivity contribution in [1.29, 1.82) is 0 Å².